The van der Waals surface area contributed by atoms with Crippen molar-refractivity contribution in [3.05, 3.63) is 34.4 Å². The maximum Gasteiger partial charge on any atom is 0.131 e. The molecule has 0 aliphatic rings. The quantitative estimate of drug-likeness (QED) is 0.853. The predicted octanol–water partition coefficient (Wildman–Crippen LogP) is 3.70. The zero-order valence-corrected chi connectivity index (χ0v) is 10.4. The van der Waals surface area contributed by atoms with E-state index in [2.05, 4.69) is 40.8 Å². The molecule has 2 nitrogen and oxygen atoms in total. The number of benzene rings is 1. The van der Waals surface area contributed by atoms with E-state index in [-0.39, 0.29) is 0 Å². The van der Waals surface area contributed by atoms with Crippen LogP contribution in [0.2, 0.25) is 0 Å². The SMILES string of the molecule is CC(C)c1cnc(N)c2cc(Br)ccc12. The summed E-state index contributed by atoms with van der Waals surface area (Å²) in [6, 6.07) is 6.14. The van der Waals surface area contributed by atoms with Gasteiger partial charge >= 0.3 is 0 Å². The third-order valence-electron chi connectivity index (χ3n) is 2.53. The van der Waals surface area contributed by atoms with Gasteiger partial charge in [0, 0.05) is 16.1 Å². The molecule has 0 aliphatic carbocycles. The fourth-order valence-corrected chi connectivity index (χ4v) is 2.08. The maximum absolute atomic E-state index is 5.86. The number of fused-ring (bicyclic) bond motifs is 1. The lowest BCUT2D eigenvalue weighted by Crippen LogP contribution is -1.97. The maximum atomic E-state index is 5.86. The monoisotopic (exact) mass is 264 g/mol. The molecule has 0 atom stereocenters. The number of hydrogen-bond donors (Lipinski definition) is 1. The Bertz CT molecular complexity index is 506. The topological polar surface area (TPSA) is 38.9 Å². The molecule has 1 aromatic carbocycles. The van der Waals surface area contributed by atoms with E-state index in [9.17, 15) is 0 Å². The highest BCUT2D eigenvalue weighted by Gasteiger charge is 2.08. The van der Waals surface area contributed by atoms with Crippen LogP contribution in [0.25, 0.3) is 10.8 Å². The molecule has 3 heteroatoms. The van der Waals surface area contributed by atoms with Gasteiger partial charge < -0.3 is 5.73 Å². The van der Waals surface area contributed by atoms with Gasteiger partial charge in [0.2, 0.25) is 0 Å². The lowest BCUT2D eigenvalue weighted by atomic mass is 9.98. The van der Waals surface area contributed by atoms with Crippen LogP contribution >= 0.6 is 15.9 Å². The molecule has 0 bridgehead atoms. The van der Waals surface area contributed by atoms with Crippen LogP contribution in [0, 0.1) is 0 Å². The number of hydrogen-bond acceptors (Lipinski definition) is 2. The van der Waals surface area contributed by atoms with Crippen molar-refractivity contribution in [2.24, 2.45) is 0 Å². The van der Waals surface area contributed by atoms with Crippen molar-refractivity contribution >= 4 is 32.5 Å². The molecular weight excluding hydrogens is 252 g/mol. The Morgan fingerprint density at radius 3 is 2.67 bits per heavy atom. The fourth-order valence-electron chi connectivity index (χ4n) is 1.72. The lowest BCUT2D eigenvalue weighted by Gasteiger charge is -2.11. The zero-order chi connectivity index (χ0) is 11.0. The van der Waals surface area contributed by atoms with Crippen LogP contribution in [0.4, 0.5) is 5.82 Å². The third-order valence-corrected chi connectivity index (χ3v) is 3.03. The molecule has 2 aromatic rings. The Morgan fingerprint density at radius 2 is 2.00 bits per heavy atom. The van der Waals surface area contributed by atoms with E-state index in [1.54, 1.807) is 0 Å². The average Bonchev–Trinajstić information content (AvgIpc) is 2.19. The summed E-state index contributed by atoms with van der Waals surface area (Å²) >= 11 is 3.44. The second-order valence-corrected chi connectivity index (χ2v) is 4.86. The molecule has 2 N–H and O–H groups in total. The first-order valence-electron chi connectivity index (χ1n) is 4.93. The normalized spacial score (nSPS) is 11.2. The molecule has 15 heavy (non-hydrogen) atoms. The highest BCUT2D eigenvalue weighted by molar-refractivity contribution is 9.10. The van der Waals surface area contributed by atoms with Gasteiger partial charge in [0.05, 0.1) is 0 Å². The Kier molecular flexibility index (Phi) is 2.65. The molecule has 0 radical (unpaired) electrons. The average molecular weight is 265 g/mol. The first-order valence-corrected chi connectivity index (χ1v) is 5.72. The van der Waals surface area contributed by atoms with Gasteiger partial charge in [0.25, 0.3) is 0 Å². The van der Waals surface area contributed by atoms with E-state index >= 15 is 0 Å². The molecule has 1 heterocycles. The summed E-state index contributed by atoms with van der Waals surface area (Å²) in [5, 5.41) is 2.22. The summed E-state index contributed by atoms with van der Waals surface area (Å²) in [5.41, 5.74) is 7.10. The first kappa shape index (κ1) is 10.4. The van der Waals surface area contributed by atoms with E-state index < -0.39 is 0 Å². The van der Waals surface area contributed by atoms with Crippen LogP contribution in [-0.4, -0.2) is 4.98 Å². The van der Waals surface area contributed by atoms with E-state index in [1.165, 1.54) is 10.9 Å². The molecule has 2 rings (SSSR count). The number of aromatic nitrogens is 1. The Hall–Kier alpha value is -1.09. The minimum atomic E-state index is 0.460. The van der Waals surface area contributed by atoms with E-state index in [0.717, 1.165) is 9.86 Å². The molecule has 0 saturated carbocycles. The molecule has 78 valence electrons. The highest BCUT2D eigenvalue weighted by atomic mass is 79.9. The number of anilines is 1. The van der Waals surface area contributed by atoms with Crippen molar-refractivity contribution in [1.29, 1.82) is 0 Å². The predicted molar refractivity (Wildman–Crippen MR) is 67.9 cm³/mol. The number of nitrogens with two attached hydrogens (primary N) is 1. The van der Waals surface area contributed by atoms with Gasteiger partial charge in [0.15, 0.2) is 0 Å². The fraction of sp³-hybridized carbons (Fsp3) is 0.250. The zero-order valence-electron chi connectivity index (χ0n) is 8.79. The highest BCUT2D eigenvalue weighted by Crippen LogP contribution is 2.29. The minimum absolute atomic E-state index is 0.460. The molecule has 0 fully saturated rings. The Labute approximate surface area is 97.6 Å². The van der Waals surface area contributed by atoms with Crippen LogP contribution in [-0.2, 0) is 0 Å². The molecule has 0 aliphatic heterocycles. The summed E-state index contributed by atoms with van der Waals surface area (Å²) < 4.78 is 1.03. The van der Waals surface area contributed by atoms with Crippen molar-refractivity contribution in [3.8, 4) is 0 Å². The summed E-state index contributed by atoms with van der Waals surface area (Å²) in [6.07, 6.45) is 1.87. The molecule has 0 amide bonds. The van der Waals surface area contributed by atoms with Gasteiger partial charge in [-0.25, -0.2) is 4.98 Å². The summed E-state index contributed by atoms with van der Waals surface area (Å²) in [7, 11) is 0. The van der Waals surface area contributed by atoms with Gasteiger partial charge in [-0.1, -0.05) is 35.8 Å². The first-order chi connectivity index (χ1) is 7.09. The number of nitrogen functional groups attached to an aromatic ring is 1. The van der Waals surface area contributed by atoms with Crippen molar-refractivity contribution < 1.29 is 0 Å². The minimum Gasteiger partial charge on any atom is -0.383 e. The number of nitrogens with zero attached hydrogens (tertiary/aromatic N) is 1. The smallest absolute Gasteiger partial charge is 0.131 e. The molecule has 0 unspecified atom stereocenters. The van der Waals surface area contributed by atoms with Gasteiger partial charge in [0.1, 0.15) is 5.82 Å². The van der Waals surface area contributed by atoms with Crippen LogP contribution in [0.1, 0.15) is 25.3 Å². The largest absolute Gasteiger partial charge is 0.383 e. The van der Waals surface area contributed by atoms with Crippen molar-refractivity contribution in [2.45, 2.75) is 19.8 Å². The molecule has 1 aromatic heterocycles. The Balaban J connectivity index is 2.82. The standard InChI is InChI=1S/C12H13BrN2/c1-7(2)11-6-15-12(14)10-5-8(13)3-4-9(10)11/h3-7H,1-2H3,(H2,14,15). The molecule has 0 spiro atoms. The van der Waals surface area contributed by atoms with E-state index in [4.69, 9.17) is 5.73 Å². The number of halogens is 1. The second-order valence-electron chi connectivity index (χ2n) is 3.94. The van der Waals surface area contributed by atoms with Gasteiger partial charge in [-0.05, 0) is 29.0 Å². The van der Waals surface area contributed by atoms with Gasteiger partial charge in [-0.15, -0.1) is 0 Å². The van der Waals surface area contributed by atoms with Crippen molar-refractivity contribution in [3.63, 3.8) is 0 Å². The second kappa shape index (κ2) is 3.81. The number of pyridine rings is 1. The third kappa shape index (κ3) is 1.84. The van der Waals surface area contributed by atoms with Crippen LogP contribution < -0.4 is 5.73 Å². The van der Waals surface area contributed by atoms with Crippen LogP contribution in [0.15, 0.2) is 28.9 Å². The summed E-state index contributed by atoms with van der Waals surface area (Å²) in [4.78, 5) is 4.23. The Morgan fingerprint density at radius 1 is 1.27 bits per heavy atom. The van der Waals surface area contributed by atoms with E-state index in [1.807, 2.05) is 18.3 Å². The van der Waals surface area contributed by atoms with Crippen molar-refractivity contribution in [1.82, 2.24) is 4.98 Å². The van der Waals surface area contributed by atoms with Gasteiger partial charge in [-0.3, -0.25) is 0 Å². The molecule has 0 saturated heterocycles. The van der Waals surface area contributed by atoms with Crippen LogP contribution in [0.5, 0.6) is 0 Å². The van der Waals surface area contributed by atoms with Crippen molar-refractivity contribution in [2.75, 3.05) is 5.73 Å². The van der Waals surface area contributed by atoms with E-state index in [0.29, 0.717) is 11.7 Å². The van der Waals surface area contributed by atoms with Gasteiger partial charge in [-0.2, -0.15) is 0 Å². The molecular formula is C12H13BrN2. The van der Waals surface area contributed by atoms with Crippen LogP contribution in [0.3, 0.4) is 0 Å². The summed E-state index contributed by atoms with van der Waals surface area (Å²) in [6.45, 7) is 4.32. The lowest BCUT2D eigenvalue weighted by molar-refractivity contribution is 0.869. The number of rotatable bonds is 1. The summed E-state index contributed by atoms with van der Waals surface area (Å²) in [5.74, 6) is 1.05.